The van der Waals surface area contributed by atoms with E-state index in [1.807, 2.05) is 25.1 Å². The molecule has 0 unspecified atom stereocenters. The zero-order chi connectivity index (χ0) is 13.1. The highest BCUT2D eigenvalue weighted by molar-refractivity contribution is 7.71. The molecule has 0 saturated carbocycles. The van der Waals surface area contributed by atoms with Crippen LogP contribution in [0.4, 0.5) is 0 Å². The van der Waals surface area contributed by atoms with Gasteiger partial charge in [-0.3, -0.25) is 0 Å². The van der Waals surface area contributed by atoms with Crippen molar-refractivity contribution in [3.8, 4) is 17.0 Å². The fraction of sp³-hybridized carbons (Fsp3) is 0.231. The van der Waals surface area contributed by atoms with Gasteiger partial charge in [0.25, 0.3) is 0 Å². The van der Waals surface area contributed by atoms with Gasteiger partial charge in [-0.15, -0.1) is 0 Å². The van der Waals surface area contributed by atoms with E-state index in [1.54, 1.807) is 13.2 Å². The molecule has 0 amide bonds. The number of rotatable bonds is 3. The van der Waals surface area contributed by atoms with Crippen LogP contribution >= 0.6 is 23.8 Å². The molecule has 1 N–H and O–H groups in total. The molecule has 0 aliphatic carbocycles. The Balaban J connectivity index is 2.64. The van der Waals surface area contributed by atoms with Crippen molar-refractivity contribution < 1.29 is 4.74 Å². The summed E-state index contributed by atoms with van der Waals surface area (Å²) in [7, 11) is 1.63. The van der Waals surface area contributed by atoms with Crippen LogP contribution in [-0.4, -0.2) is 17.1 Å². The lowest BCUT2D eigenvalue weighted by atomic mass is 10.1. The van der Waals surface area contributed by atoms with Gasteiger partial charge < -0.3 is 9.72 Å². The zero-order valence-electron chi connectivity index (χ0n) is 10.2. The molecule has 0 fully saturated rings. The van der Waals surface area contributed by atoms with Crippen molar-refractivity contribution in [2.24, 2.45) is 0 Å². The van der Waals surface area contributed by atoms with E-state index >= 15 is 0 Å². The Morgan fingerprint density at radius 2 is 2.17 bits per heavy atom. The first kappa shape index (κ1) is 13.1. The quantitative estimate of drug-likeness (QED) is 0.863. The maximum absolute atomic E-state index is 6.03. The molecule has 3 nitrogen and oxygen atoms in total. The minimum absolute atomic E-state index is 0.558. The number of H-pyrrole nitrogens is 1. The van der Waals surface area contributed by atoms with E-state index in [0.29, 0.717) is 9.66 Å². The number of halogens is 1. The maximum atomic E-state index is 6.03. The Labute approximate surface area is 116 Å². The third kappa shape index (κ3) is 2.71. The number of aryl methyl sites for hydroxylation is 1. The van der Waals surface area contributed by atoms with Gasteiger partial charge in [0.2, 0.25) is 0 Å². The van der Waals surface area contributed by atoms with Crippen LogP contribution in [0.15, 0.2) is 24.3 Å². The molecule has 1 heterocycles. The van der Waals surface area contributed by atoms with E-state index < -0.39 is 0 Å². The number of nitrogens with one attached hydrogen (secondary N) is 1. The number of hydrogen-bond acceptors (Lipinski definition) is 3. The molecule has 0 spiro atoms. The number of ether oxygens (including phenoxy) is 1. The van der Waals surface area contributed by atoms with Gasteiger partial charge in [0, 0.05) is 17.0 Å². The van der Waals surface area contributed by atoms with Gasteiger partial charge in [0.15, 0.2) is 0 Å². The molecule has 0 bridgehead atoms. The predicted octanol–water partition coefficient (Wildman–Crippen LogP) is 4.03. The Bertz CT molecular complexity index is 625. The second-order valence-electron chi connectivity index (χ2n) is 3.78. The molecule has 1 aromatic carbocycles. The third-order valence-corrected chi connectivity index (χ3v) is 3.02. The number of aromatic amines is 1. The molecule has 5 heteroatoms. The summed E-state index contributed by atoms with van der Waals surface area (Å²) in [4.78, 5) is 7.48. The van der Waals surface area contributed by atoms with E-state index in [-0.39, 0.29) is 0 Å². The van der Waals surface area contributed by atoms with Crippen LogP contribution in [-0.2, 0) is 6.42 Å². The summed E-state index contributed by atoms with van der Waals surface area (Å²) in [5, 5.41) is 0.653. The summed E-state index contributed by atoms with van der Waals surface area (Å²) in [6.45, 7) is 2.02. The van der Waals surface area contributed by atoms with Gasteiger partial charge in [-0.05, 0) is 24.3 Å². The second kappa shape index (κ2) is 5.50. The topological polar surface area (TPSA) is 37.9 Å². The van der Waals surface area contributed by atoms with Crippen molar-refractivity contribution in [1.82, 2.24) is 9.97 Å². The van der Waals surface area contributed by atoms with Crippen LogP contribution in [0, 0.1) is 4.64 Å². The largest absolute Gasteiger partial charge is 0.496 e. The highest BCUT2D eigenvalue weighted by Crippen LogP contribution is 2.31. The first-order chi connectivity index (χ1) is 8.63. The van der Waals surface area contributed by atoms with Crippen LogP contribution < -0.4 is 4.74 Å². The van der Waals surface area contributed by atoms with Gasteiger partial charge >= 0.3 is 0 Å². The van der Waals surface area contributed by atoms with Crippen LogP contribution in [0.25, 0.3) is 11.3 Å². The van der Waals surface area contributed by atoms with Crippen molar-refractivity contribution in [1.29, 1.82) is 0 Å². The van der Waals surface area contributed by atoms with Gasteiger partial charge in [0.1, 0.15) is 16.2 Å². The summed E-state index contributed by atoms with van der Waals surface area (Å²) in [5.41, 5.74) is 1.75. The molecule has 0 atom stereocenters. The van der Waals surface area contributed by atoms with Gasteiger partial charge in [-0.1, -0.05) is 30.7 Å². The van der Waals surface area contributed by atoms with E-state index in [0.717, 1.165) is 29.3 Å². The van der Waals surface area contributed by atoms with Crippen LogP contribution in [0.5, 0.6) is 5.75 Å². The monoisotopic (exact) mass is 280 g/mol. The molecule has 18 heavy (non-hydrogen) atoms. The highest BCUT2D eigenvalue weighted by atomic mass is 35.5. The van der Waals surface area contributed by atoms with Gasteiger partial charge in [-0.2, -0.15) is 0 Å². The van der Waals surface area contributed by atoms with Crippen molar-refractivity contribution in [3.05, 3.63) is 39.8 Å². The van der Waals surface area contributed by atoms with Crippen LogP contribution in [0.2, 0.25) is 5.02 Å². The normalized spacial score (nSPS) is 10.4. The van der Waals surface area contributed by atoms with Gasteiger partial charge in [-0.25, -0.2) is 4.98 Å². The number of hydrogen-bond donors (Lipinski definition) is 1. The molecule has 0 radical (unpaired) electrons. The SMILES string of the molecule is CCc1nc(=S)cc(-c2cc(Cl)ccc2OC)[nH]1. The van der Waals surface area contributed by atoms with E-state index in [2.05, 4.69) is 9.97 Å². The molecular weight excluding hydrogens is 268 g/mol. The molecule has 2 aromatic rings. The minimum Gasteiger partial charge on any atom is -0.496 e. The Kier molecular flexibility index (Phi) is 3.99. The molecule has 0 saturated heterocycles. The summed E-state index contributed by atoms with van der Waals surface area (Å²) >= 11 is 11.2. The minimum atomic E-state index is 0.558. The first-order valence-electron chi connectivity index (χ1n) is 5.58. The summed E-state index contributed by atoms with van der Waals surface area (Å²) in [6, 6.07) is 7.28. The molecular formula is C13H13ClN2OS. The Hall–Kier alpha value is -1.39. The predicted molar refractivity (Wildman–Crippen MR) is 75.8 cm³/mol. The fourth-order valence-corrected chi connectivity index (χ4v) is 2.11. The third-order valence-electron chi connectivity index (χ3n) is 2.58. The van der Waals surface area contributed by atoms with Crippen LogP contribution in [0.3, 0.4) is 0 Å². The van der Waals surface area contributed by atoms with E-state index in [9.17, 15) is 0 Å². The molecule has 0 aliphatic heterocycles. The second-order valence-corrected chi connectivity index (χ2v) is 4.63. The Morgan fingerprint density at radius 1 is 1.39 bits per heavy atom. The fourth-order valence-electron chi connectivity index (χ4n) is 1.71. The average Bonchev–Trinajstić information content (AvgIpc) is 2.38. The number of aromatic nitrogens is 2. The smallest absolute Gasteiger partial charge is 0.130 e. The maximum Gasteiger partial charge on any atom is 0.130 e. The van der Waals surface area contributed by atoms with Crippen molar-refractivity contribution in [3.63, 3.8) is 0 Å². The lowest BCUT2D eigenvalue weighted by Crippen LogP contribution is -1.97. The van der Waals surface area contributed by atoms with Gasteiger partial charge in [0.05, 0.1) is 12.8 Å². The summed E-state index contributed by atoms with van der Waals surface area (Å²) < 4.78 is 5.89. The standard InChI is InChI=1S/C13H13ClN2OS/c1-3-12-15-10(7-13(18)16-12)9-6-8(14)4-5-11(9)17-2/h4-7H,3H2,1-2H3,(H,15,16,18). The summed E-state index contributed by atoms with van der Waals surface area (Å²) in [6.07, 6.45) is 0.792. The molecule has 2 rings (SSSR count). The summed E-state index contributed by atoms with van der Waals surface area (Å²) in [5.74, 6) is 1.60. The number of benzene rings is 1. The molecule has 94 valence electrons. The van der Waals surface area contributed by atoms with E-state index in [4.69, 9.17) is 28.6 Å². The van der Waals surface area contributed by atoms with Crippen molar-refractivity contribution in [2.75, 3.05) is 7.11 Å². The van der Waals surface area contributed by atoms with Crippen molar-refractivity contribution >= 4 is 23.8 Å². The van der Waals surface area contributed by atoms with Crippen molar-refractivity contribution in [2.45, 2.75) is 13.3 Å². The molecule has 0 aliphatic rings. The number of methoxy groups -OCH3 is 1. The van der Waals surface area contributed by atoms with Crippen LogP contribution in [0.1, 0.15) is 12.7 Å². The zero-order valence-corrected chi connectivity index (χ0v) is 11.7. The average molecular weight is 281 g/mol. The lowest BCUT2D eigenvalue weighted by molar-refractivity contribution is 0.416. The first-order valence-corrected chi connectivity index (χ1v) is 6.36. The van der Waals surface area contributed by atoms with E-state index in [1.165, 1.54) is 0 Å². The lowest BCUT2D eigenvalue weighted by Gasteiger charge is -2.10. The number of nitrogens with zero attached hydrogens (tertiary/aromatic N) is 1. The Morgan fingerprint density at radius 3 is 2.83 bits per heavy atom. The highest BCUT2D eigenvalue weighted by Gasteiger charge is 2.08. The molecule has 1 aromatic heterocycles.